The van der Waals surface area contributed by atoms with Gasteiger partial charge in [-0.1, -0.05) is 25.5 Å². The molecule has 0 unspecified atom stereocenters. The van der Waals surface area contributed by atoms with E-state index in [2.05, 4.69) is 18.3 Å². The van der Waals surface area contributed by atoms with Crippen LogP contribution in [0.15, 0.2) is 18.2 Å². The van der Waals surface area contributed by atoms with Crippen LogP contribution in [0.5, 0.6) is 5.75 Å². The summed E-state index contributed by atoms with van der Waals surface area (Å²) in [6.45, 7) is 2.72. The van der Waals surface area contributed by atoms with Crippen LogP contribution in [0.4, 0.5) is 0 Å². The van der Waals surface area contributed by atoms with E-state index in [1.165, 1.54) is 12.0 Å². The summed E-state index contributed by atoms with van der Waals surface area (Å²) in [6, 6.07) is 6.10. The molecule has 1 aromatic carbocycles. The third-order valence-corrected chi connectivity index (χ3v) is 3.67. The van der Waals surface area contributed by atoms with E-state index in [4.69, 9.17) is 4.74 Å². The summed E-state index contributed by atoms with van der Waals surface area (Å²) in [5, 5.41) is 3.01. The van der Waals surface area contributed by atoms with E-state index >= 15 is 0 Å². The van der Waals surface area contributed by atoms with Gasteiger partial charge in [-0.25, -0.2) is 0 Å². The maximum atomic E-state index is 11.7. The molecule has 3 nitrogen and oxygen atoms in total. The molecule has 0 bridgehead atoms. The van der Waals surface area contributed by atoms with Gasteiger partial charge < -0.3 is 10.1 Å². The van der Waals surface area contributed by atoms with Gasteiger partial charge in [0.2, 0.25) is 5.91 Å². The second-order valence-corrected chi connectivity index (χ2v) is 4.85. The highest BCUT2D eigenvalue weighted by atomic mass is 16.5. The zero-order chi connectivity index (χ0) is 13.0. The lowest BCUT2D eigenvalue weighted by Crippen LogP contribution is -2.33. The summed E-state index contributed by atoms with van der Waals surface area (Å²) < 4.78 is 5.29. The van der Waals surface area contributed by atoms with Crippen molar-refractivity contribution in [1.29, 1.82) is 0 Å². The number of nitrogens with one attached hydrogen (secondary N) is 1. The van der Waals surface area contributed by atoms with E-state index in [0.29, 0.717) is 6.54 Å². The average Bonchev–Trinajstić information content (AvgIpc) is 2.33. The van der Waals surface area contributed by atoms with Gasteiger partial charge >= 0.3 is 0 Å². The lowest BCUT2D eigenvalue weighted by molar-refractivity contribution is -0.127. The van der Waals surface area contributed by atoms with Gasteiger partial charge in [-0.15, -0.1) is 0 Å². The zero-order valence-corrected chi connectivity index (χ0v) is 11.2. The van der Waals surface area contributed by atoms with Crippen molar-refractivity contribution >= 4 is 5.91 Å². The molecule has 1 aliphatic rings. The quantitative estimate of drug-likeness (QED) is 0.868. The van der Waals surface area contributed by atoms with Gasteiger partial charge in [-0.2, -0.15) is 0 Å². The molecule has 0 radical (unpaired) electrons. The van der Waals surface area contributed by atoms with Crippen molar-refractivity contribution in [2.75, 3.05) is 7.11 Å². The molecule has 3 heteroatoms. The maximum absolute atomic E-state index is 11.7. The Balaban J connectivity index is 1.94. The molecule has 0 heterocycles. The third kappa shape index (κ3) is 2.84. The summed E-state index contributed by atoms with van der Waals surface area (Å²) in [6.07, 6.45) is 4.23. The van der Waals surface area contributed by atoms with Crippen LogP contribution in [0.2, 0.25) is 0 Å². The SMILES string of the molecule is CCc1cc(CNC(=O)C2CCC2)ccc1OC. The number of carbonyl (C=O) groups excluding carboxylic acids is 1. The van der Waals surface area contributed by atoms with Crippen LogP contribution in [-0.2, 0) is 17.8 Å². The molecule has 2 rings (SSSR count). The van der Waals surface area contributed by atoms with E-state index in [9.17, 15) is 4.79 Å². The van der Waals surface area contributed by atoms with E-state index in [1.807, 2.05) is 12.1 Å². The maximum Gasteiger partial charge on any atom is 0.223 e. The molecule has 18 heavy (non-hydrogen) atoms. The minimum absolute atomic E-state index is 0.204. The molecule has 0 aromatic heterocycles. The predicted molar refractivity (Wildman–Crippen MR) is 71.6 cm³/mol. The smallest absolute Gasteiger partial charge is 0.223 e. The molecular formula is C15H21NO2. The summed E-state index contributed by atoms with van der Waals surface area (Å²) >= 11 is 0. The van der Waals surface area contributed by atoms with Gasteiger partial charge in [0.1, 0.15) is 5.75 Å². The highest BCUT2D eigenvalue weighted by Gasteiger charge is 2.24. The van der Waals surface area contributed by atoms with E-state index in [1.54, 1.807) is 7.11 Å². The first-order chi connectivity index (χ1) is 8.74. The van der Waals surface area contributed by atoms with Crippen LogP contribution in [0, 0.1) is 5.92 Å². The molecule has 1 fully saturated rings. The number of hydrogen-bond acceptors (Lipinski definition) is 2. The normalized spacial score (nSPS) is 15.0. The van der Waals surface area contributed by atoms with E-state index in [-0.39, 0.29) is 11.8 Å². The van der Waals surface area contributed by atoms with Crippen molar-refractivity contribution in [1.82, 2.24) is 5.32 Å². The molecule has 0 atom stereocenters. The number of aryl methyl sites for hydroxylation is 1. The minimum Gasteiger partial charge on any atom is -0.496 e. The second-order valence-electron chi connectivity index (χ2n) is 4.85. The third-order valence-electron chi connectivity index (χ3n) is 3.67. The Kier molecular flexibility index (Phi) is 4.24. The highest BCUT2D eigenvalue weighted by Crippen LogP contribution is 2.26. The molecular weight excluding hydrogens is 226 g/mol. The fourth-order valence-electron chi connectivity index (χ4n) is 2.22. The minimum atomic E-state index is 0.204. The van der Waals surface area contributed by atoms with Crippen molar-refractivity contribution in [2.24, 2.45) is 5.92 Å². The first kappa shape index (κ1) is 12.9. The van der Waals surface area contributed by atoms with Crippen molar-refractivity contribution in [3.05, 3.63) is 29.3 Å². The largest absolute Gasteiger partial charge is 0.496 e. The van der Waals surface area contributed by atoms with Gasteiger partial charge in [0, 0.05) is 12.5 Å². The summed E-state index contributed by atoms with van der Waals surface area (Å²) in [5.74, 6) is 1.38. The number of carbonyl (C=O) groups is 1. The summed E-state index contributed by atoms with van der Waals surface area (Å²) in [7, 11) is 1.69. The number of ether oxygens (including phenoxy) is 1. The Morgan fingerprint density at radius 1 is 1.44 bits per heavy atom. The summed E-state index contributed by atoms with van der Waals surface area (Å²) in [5.41, 5.74) is 2.33. The van der Waals surface area contributed by atoms with E-state index < -0.39 is 0 Å². The number of rotatable bonds is 5. The van der Waals surface area contributed by atoms with Crippen LogP contribution in [0.25, 0.3) is 0 Å². The Hall–Kier alpha value is -1.51. The van der Waals surface area contributed by atoms with Crippen molar-refractivity contribution in [3.8, 4) is 5.75 Å². The lowest BCUT2D eigenvalue weighted by Gasteiger charge is -2.24. The van der Waals surface area contributed by atoms with Gasteiger partial charge in [-0.05, 0) is 36.5 Å². The van der Waals surface area contributed by atoms with E-state index in [0.717, 1.165) is 30.6 Å². The number of hydrogen-bond donors (Lipinski definition) is 1. The number of methoxy groups -OCH3 is 1. The molecule has 0 aliphatic heterocycles. The van der Waals surface area contributed by atoms with Crippen LogP contribution in [-0.4, -0.2) is 13.0 Å². The first-order valence-electron chi connectivity index (χ1n) is 6.68. The average molecular weight is 247 g/mol. The van der Waals surface area contributed by atoms with Crippen LogP contribution < -0.4 is 10.1 Å². The lowest BCUT2D eigenvalue weighted by atomic mass is 9.85. The fourth-order valence-corrected chi connectivity index (χ4v) is 2.22. The molecule has 0 saturated heterocycles. The van der Waals surface area contributed by atoms with Crippen LogP contribution >= 0.6 is 0 Å². The van der Waals surface area contributed by atoms with Crippen LogP contribution in [0.1, 0.15) is 37.3 Å². The first-order valence-corrected chi connectivity index (χ1v) is 6.68. The highest BCUT2D eigenvalue weighted by molar-refractivity contribution is 5.79. The Labute approximate surface area is 109 Å². The van der Waals surface area contributed by atoms with Crippen molar-refractivity contribution in [3.63, 3.8) is 0 Å². The van der Waals surface area contributed by atoms with Gasteiger partial charge in [0.05, 0.1) is 7.11 Å². The number of amides is 1. The molecule has 0 spiro atoms. The van der Waals surface area contributed by atoms with Gasteiger partial charge in [0.15, 0.2) is 0 Å². The Morgan fingerprint density at radius 2 is 2.22 bits per heavy atom. The molecule has 1 amide bonds. The Bertz CT molecular complexity index is 425. The molecule has 1 aliphatic carbocycles. The number of benzene rings is 1. The van der Waals surface area contributed by atoms with Crippen molar-refractivity contribution < 1.29 is 9.53 Å². The molecule has 1 aromatic rings. The van der Waals surface area contributed by atoms with Crippen molar-refractivity contribution in [2.45, 2.75) is 39.2 Å². The zero-order valence-electron chi connectivity index (χ0n) is 11.2. The molecule has 98 valence electrons. The summed E-state index contributed by atoms with van der Waals surface area (Å²) in [4.78, 5) is 11.7. The Morgan fingerprint density at radius 3 is 2.78 bits per heavy atom. The monoisotopic (exact) mass is 247 g/mol. The topological polar surface area (TPSA) is 38.3 Å². The second kappa shape index (κ2) is 5.89. The van der Waals surface area contributed by atoms with Gasteiger partial charge in [0.25, 0.3) is 0 Å². The van der Waals surface area contributed by atoms with Crippen LogP contribution in [0.3, 0.4) is 0 Å². The predicted octanol–water partition coefficient (Wildman–Crippen LogP) is 2.67. The molecule has 1 N–H and O–H groups in total. The fraction of sp³-hybridized carbons (Fsp3) is 0.533. The van der Waals surface area contributed by atoms with Gasteiger partial charge in [-0.3, -0.25) is 4.79 Å². The molecule has 1 saturated carbocycles. The standard InChI is InChI=1S/C15H21NO2/c1-3-12-9-11(7-8-14(12)18-2)10-16-15(17)13-5-4-6-13/h7-9,13H,3-6,10H2,1-2H3,(H,16,17).